The molecule has 5 aromatic carbocycles. The SMILES string of the molecule is CCC(CC(C)(C)C)c1ccc(CNc2ccc(C(c3ccc(N(CC)CC)cc3)c3ccc(N(CC)CC)cc3)c3ccccc23)cc1. The number of nitrogens with zero attached hydrogens (tertiary/aromatic N) is 2. The third kappa shape index (κ3) is 8.68. The van der Waals surface area contributed by atoms with Gasteiger partial charge in [-0.25, -0.2) is 0 Å². The molecule has 49 heavy (non-hydrogen) atoms. The number of hydrogen-bond donors (Lipinski definition) is 1. The summed E-state index contributed by atoms with van der Waals surface area (Å²) in [5, 5.41) is 6.36. The summed E-state index contributed by atoms with van der Waals surface area (Å²) in [5.74, 6) is 0.718. The molecule has 1 N–H and O–H groups in total. The second kappa shape index (κ2) is 16.4. The van der Waals surface area contributed by atoms with Gasteiger partial charge in [-0.2, -0.15) is 0 Å². The van der Waals surface area contributed by atoms with E-state index in [4.69, 9.17) is 0 Å². The lowest BCUT2D eigenvalue weighted by atomic mass is 9.80. The van der Waals surface area contributed by atoms with Crippen LogP contribution in [0.15, 0.2) is 109 Å². The van der Waals surface area contributed by atoms with Crippen LogP contribution in [0.5, 0.6) is 0 Å². The molecule has 0 spiro atoms. The Morgan fingerprint density at radius 1 is 0.551 bits per heavy atom. The molecule has 0 aliphatic heterocycles. The Labute approximate surface area is 297 Å². The highest BCUT2D eigenvalue weighted by Gasteiger charge is 2.22. The van der Waals surface area contributed by atoms with Crippen LogP contribution < -0.4 is 15.1 Å². The molecule has 0 radical (unpaired) electrons. The van der Waals surface area contributed by atoms with E-state index in [1.54, 1.807) is 0 Å². The van der Waals surface area contributed by atoms with Gasteiger partial charge in [-0.15, -0.1) is 0 Å². The van der Waals surface area contributed by atoms with Crippen LogP contribution in [0.4, 0.5) is 17.1 Å². The lowest BCUT2D eigenvalue weighted by Crippen LogP contribution is -2.22. The van der Waals surface area contributed by atoms with Gasteiger partial charge in [-0.1, -0.05) is 107 Å². The van der Waals surface area contributed by atoms with Gasteiger partial charge in [0.15, 0.2) is 0 Å². The Balaban J connectivity index is 1.48. The molecule has 0 aliphatic carbocycles. The summed E-state index contributed by atoms with van der Waals surface area (Å²) < 4.78 is 0. The highest BCUT2D eigenvalue weighted by molar-refractivity contribution is 5.97. The lowest BCUT2D eigenvalue weighted by Gasteiger charge is -2.26. The summed E-state index contributed by atoms with van der Waals surface area (Å²) in [5.41, 5.74) is 10.8. The van der Waals surface area contributed by atoms with Crippen LogP contribution in [0.2, 0.25) is 0 Å². The first-order valence-electron chi connectivity index (χ1n) is 18.7. The highest BCUT2D eigenvalue weighted by Crippen LogP contribution is 2.40. The zero-order valence-corrected chi connectivity index (χ0v) is 31.4. The summed E-state index contributed by atoms with van der Waals surface area (Å²) in [6.45, 7) is 23.1. The molecule has 0 saturated carbocycles. The Kier molecular flexibility index (Phi) is 12.1. The Bertz CT molecular complexity index is 1680. The fourth-order valence-corrected chi connectivity index (χ4v) is 7.55. The predicted octanol–water partition coefficient (Wildman–Crippen LogP) is 12.3. The van der Waals surface area contributed by atoms with E-state index in [1.165, 1.54) is 68.5 Å². The van der Waals surface area contributed by atoms with Crippen LogP contribution in [0.1, 0.15) is 108 Å². The van der Waals surface area contributed by atoms with Gasteiger partial charge >= 0.3 is 0 Å². The van der Waals surface area contributed by atoms with E-state index >= 15 is 0 Å². The van der Waals surface area contributed by atoms with E-state index in [1.807, 2.05) is 0 Å². The van der Waals surface area contributed by atoms with Gasteiger partial charge in [0.25, 0.3) is 0 Å². The molecule has 0 aliphatic rings. The zero-order chi connectivity index (χ0) is 35.0. The van der Waals surface area contributed by atoms with Gasteiger partial charge in [0.05, 0.1) is 0 Å². The Morgan fingerprint density at radius 3 is 1.51 bits per heavy atom. The molecular weight excluding hydrogens is 595 g/mol. The second-order valence-electron chi connectivity index (χ2n) is 14.7. The molecule has 1 atom stereocenters. The van der Waals surface area contributed by atoms with E-state index in [9.17, 15) is 0 Å². The quantitative estimate of drug-likeness (QED) is 0.113. The van der Waals surface area contributed by atoms with Crippen molar-refractivity contribution in [3.8, 4) is 0 Å². The highest BCUT2D eigenvalue weighted by atomic mass is 15.1. The van der Waals surface area contributed by atoms with Crippen molar-refractivity contribution in [2.45, 2.75) is 86.6 Å². The van der Waals surface area contributed by atoms with E-state index in [-0.39, 0.29) is 5.92 Å². The number of fused-ring (bicyclic) bond motifs is 1. The van der Waals surface area contributed by atoms with E-state index in [0.29, 0.717) is 11.3 Å². The minimum atomic E-state index is 0.114. The van der Waals surface area contributed by atoms with Crippen molar-refractivity contribution in [2.24, 2.45) is 5.41 Å². The fourth-order valence-electron chi connectivity index (χ4n) is 7.55. The summed E-state index contributed by atoms with van der Waals surface area (Å²) >= 11 is 0. The number of nitrogens with one attached hydrogen (secondary N) is 1. The van der Waals surface area contributed by atoms with Crippen molar-refractivity contribution >= 4 is 27.8 Å². The fraction of sp³-hybridized carbons (Fsp3) is 0.391. The molecule has 0 bridgehead atoms. The van der Waals surface area contributed by atoms with Crippen LogP contribution in [0.3, 0.4) is 0 Å². The molecule has 3 nitrogen and oxygen atoms in total. The first kappa shape index (κ1) is 36.1. The molecule has 0 aromatic heterocycles. The maximum Gasteiger partial charge on any atom is 0.0422 e. The van der Waals surface area contributed by atoms with Crippen LogP contribution in [-0.4, -0.2) is 26.2 Å². The molecule has 0 amide bonds. The van der Waals surface area contributed by atoms with Crippen molar-refractivity contribution < 1.29 is 0 Å². The number of anilines is 3. The van der Waals surface area contributed by atoms with E-state index in [2.05, 4.69) is 180 Å². The first-order chi connectivity index (χ1) is 23.7. The Morgan fingerprint density at radius 2 is 1.04 bits per heavy atom. The van der Waals surface area contributed by atoms with Gasteiger partial charge in [0, 0.05) is 61.1 Å². The largest absolute Gasteiger partial charge is 0.380 e. The predicted molar refractivity (Wildman–Crippen MR) is 216 cm³/mol. The minimum absolute atomic E-state index is 0.114. The zero-order valence-electron chi connectivity index (χ0n) is 31.4. The summed E-state index contributed by atoms with van der Waals surface area (Å²) in [4.78, 5) is 4.82. The van der Waals surface area contributed by atoms with E-state index in [0.717, 1.165) is 32.7 Å². The van der Waals surface area contributed by atoms with Crippen molar-refractivity contribution in [2.75, 3.05) is 41.3 Å². The lowest BCUT2D eigenvalue weighted by molar-refractivity contribution is 0.335. The molecular formula is C46H59N3. The van der Waals surface area contributed by atoms with Crippen LogP contribution in [-0.2, 0) is 6.54 Å². The molecule has 0 saturated heterocycles. The number of hydrogen-bond acceptors (Lipinski definition) is 3. The topological polar surface area (TPSA) is 18.5 Å². The summed E-state index contributed by atoms with van der Waals surface area (Å²) in [6, 6.07) is 41.4. The standard InChI is InChI=1S/C46H59N3/c1-9-35(32-46(6,7)8)36-20-18-34(19-21-36)33-47-44-31-30-43(41-16-14-15-17-42(41)44)45(37-22-26-39(27-23-37)48(10-2)11-3)38-24-28-40(29-25-38)49(12-4)13-5/h14-31,35,45,47H,9-13,32-33H2,1-8H3. The van der Waals surface area contributed by atoms with Crippen LogP contribution in [0.25, 0.3) is 10.8 Å². The second-order valence-corrected chi connectivity index (χ2v) is 14.7. The van der Waals surface area contributed by atoms with Crippen molar-refractivity contribution in [1.82, 2.24) is 0 Å². The van der Waals surface area contributed by atoms with Crippen molar-refractivity contribution in [3.63, 3.8) is 0 Å². The molecule has 258 valence electrons. The molecule has 0 fully saturated rings. The van der Waals surface area contributed by atoms with Gasteiger partial charge in [-0.3, -0.25) is 0 Å². The monoisotopic (exact) mass is 653 g/mol. The van der Waals surface area contributed by atoms with Gasteiger partial charge in [0.1, 0.15) is 0 Å². The first-order valence-corrected chi connectivity index (χ1v) is 18.7. The summed E-state index contributed by atoms with van der Waals surface area (Å²) in [6.07, 6.45) is 2.38. The number of benzene rings is 5. The molecule has 5 aromatic rings. The van der Waals surface area contributed by atoms with Gasteiger partial charge in [0.2, 0.25) is 0 Å². The number of rotatable bonds is 15. The van der Waals surface area contributed by atoms with Gasteiger partial charge < -0.3 is 15.1 Å². The molecule has 5 rings (SSSR count). The minimum Gasteiger partial charge on any atom is -0.380 e. The average molecular weight is 654 g/mol. The maximum atomic E-state index is 3.81. The molecule has 0 heterocycles. The molecule has 3 heteroatoms. The maximum absolute atomic E-state index is 3.81. The third-order valence-electron chi connectivity index (χ3n) is 10.3. The Hall–Kier alpha value is -4.24. The van der Waals surface area contributed by atoms with Crippen molar-refractivity contribution in [1.29, 1.82) is 0 Å². The van der Waals surface area contributed by atoms with Crippen LogP contribution in [0, 0.1) is 5.41 Å². The van der Waals surface area contributed by atoms with Crippen molar-refractivity contribution in [3.05, 3.63) is 137 Å². The molecule has 1 unspecified atom stereocenters. The van der Waals surface area contributed by atoms with Gasteiger partial charge in [-0.05, 0) is 115 Å². The van der Waals surface area contributed by atoms with E-state index < -0.39 is 0 Å². The normalized spacial score (nSPS) is 12.3. The van der Waals surface area contributed by atoms with Crippen LogP contribution >= 0.6 is 0 Å². The summed E-state index contributed by atoms with van der Waals surface area (Å²) in [7, 11) is 0. The third-order valence-corrected chi connectivity index (χ3v) is 10.3. The average Bonchev–Trinajstić information content (AvgIpc) is 3.12. The smallest absolute Gasteiger partial charge is 0.0422 e.